The quantitative estimate of drug-likeness (QED) is 0.719. The maximum atomic E-state index is 13.3. The molecule has 29 heavy (non-hydrogen) atoms. The minimum Gasteiger partial charge on any atom is -0.318 e. The number of anilines is 1. The van der Waals surface area contributed by atoms with Crippen LogP contribution in [0.2, 0.25) is 0 Å². The number of hydrogen-bond acceptors (Lipinski definition) is 3. The van der Waals surface area contributed by atoms with E-state index in [-0.39, 0.29) is 10.8 Å². The van der Waals surface area contributed by atoms with Gasteiger partial charge in [-0.15, -0.1) is 0 Å². The number of nitrogens with zero attached hydrogens (tertiary/aromatic N) is 2. The number of para-hydroxylation sites is 1. The molecule has 150 valence electrons. The molecule has 0 fully saturated rings. The van der Waals surface area contributed by atoms with Gasteiger partial charge in [0.2, 0.25) is 10.0 Å². The lowest BCUT2D eigenvalue weighted by Crippen LogP contribution is -2.29. The lowest BCUT2D eigenvalue weighted by Gasteiger charge is -2.18. The summed E-state index contributed by atoms with van der Waals surface area (Å²) < 4.78 is 28.5. The zero-order valence-corrected chi connectivity index (χ0v) is 17.5. The van der Waals surface area contributed by atoms with E-state index in [2.05, 4.69) is 9.29 Å². The summed E-state index contributed by atoms with van der Waals surface area (Å²) in [5.41, 5.74) is 5.20. The zero-order chi connectivity index (χ0) is 20.8. The molecule has 0 atom stereocenters. The molecule has 1 aliphatic heterocycles. The Morgan fingerprint density at radius 3 is 2.45 bits per heavy atom. The van der Waals surface area contributed by atoms with Crippen LogP contribution in [-0.4, -0.2) is 32.5 Å². The van der Waals surface area contributed by atoms with E-state index in [1.165, 1.54) is 7.05 Å². The molecule has 1 N–H and O–H groups in total. The van der Waals surface area contributed by atoms with Gasteiger partial charge in [0.15, 0.2) is 0 Å². The molecule has 2 aromatic carbocycles. The Hall–Kier alpha value is -2.90. The Labute approximate surface area is 170 Å². The zero-order valence-electron chi connectivity index (χ0n) is 16.6. The summed E-state index contributed by atoms with van der Waals surface area (Å²) in [7, 11) is -2.12. The highest BCUT2D eigenvalue weighted by molar-refractivity contribution is 7.89. The molecule has 0 saturated carbocycles. The van der Waals surface area contributed by atoms with Crippen LogP contribution in [0.3, 0.4) is 0 Å². The van der Waals surface area contributed by atoms with Crippen LogP contribution in [0, 0.1) is 13.8 Å². The largest absolute Gasteiger partial charge is 0.318 e. The molecular formula is C22H23N3O3S. The van der Waals surface area contributed by atoms with Crippen molar-refractivity contribution in [3.63, 3.8) is 0 Å². The lowest BCUT2D eigenvalue weighted by atomic mass is 10.1. The fourth-order valence-electron chi connectivity index (χ4n) is 3.97. The van der Waals surface area contributed by atoms with Crippen molar-refractivity contribution < 1.29 is 13.2 Å². The Morgan fingerprint density at radius 2 is 1.76 bits per heavy atom. The van der Waals surface area contributed by atoms with Gasteiger partial charge in [0.05, 0.1) is 10.5 Å². The van der Waals surface area contributed by atoms with Crippen molar-refractivity contribution in [3.05, 3.63) is 77.1 Å². The number of benzene rings is 2. The van der Waals surface area contributed by atoms with Crippen LogP contribution in [-0.2, 0) is 16.4 Å². The van der Waals surface area contributed by atoms with E-state index >= 15 is 0 Å². The molecule has 0 unspecified atom stereocenters. The smallest absolute Gasteiger partial charge is 0.260 e. The van der Waals surface area contributed by atoms with E-state index < -0.39 is 10.0 Å². The summed E-state index contributed by atoms with van der Waals surface area (Å²) >= 11 is 0. The van der Waals surface area contributed by atoms with Gasteiger partial charge in [-0.05, 0) is 69.3 Å². The van der Waals surface area contributed by atoms with Gasteiger partial charge in [0.1, 0.15) is 0 Å². The Morgan fingerprint density at radius 1 is 1.03 bits per heavy atom. The normalized spacial score (nSPS) is 13.6. The number of aryl methyl sites for hydroxylation is 1. The second-order valence-electron chi connectivity index (χ2n) is 7.16. The molecule has 7 heteroatoms. The van der Waals surface area contributed by atoms with E-state index in [1.807, 2.05) is 50.2 Å². The van der Waals surface area contributed by atoms with E-state index in [4.69, 9.17) is 0 Å². The molecule has 1 aromatic heterocycles. The van der Waals surface area contributed by atoms with Crippen LogP contribution in [0.15, 0.2) is 59.5 Å². The Kier molecular flexibility index (Phi) is 4.80. The third-order valence-electron chi connectivity index (χ3n) is 5.45. The average molecular weight is 410 g/mol. The second-order valence-corrected chi connectivity index (χ2v) is 9.05. The molecule has 3 aromatic rings. The maximum absolute atomic E-state index is 13.3. The predicted octanol–water partition coefficient (Wildman–Crippen LogP) is 3.21. The number of nitrogens with one attached hydrogen (secondary N) is 1. The van der Waals surface area contributed by atoms with Crippen molar-refractivity contribution in [2.45, 2.75) is 25.2 Å². The van der Waals surface area contributed by atoms with Gasteiger partial charge in [0, 0.05) is 29.3 Å². The number of carbonyl (C=O) groups excluding carboxylic acids is 1. The van der Waals surface area contributed by atoms with Crippen molar-refractivity contribution in [1.82, 2.24) is 9.29 Å². The summed E-state index contributed by atoms with van der Waals surface area (Å²) in [6.07, 6.45) is 0.631. The fourth-order valence-corrected chi connectivity index (χ4v) is 4.75. The third kappa shape index (κ3) is 3.26. The monoisotopic (exact) mass is 409 g/mol. The van der Waals surface area contributed by atoms with Crippen LogP contribution in [0.5, 0.6) is 0 Å². The van der Waals surface area contributed by atoms with Gasteiger partial charge < -0.3 is 9.47 Å². The first kappa shape index (κ1) is 19.4. The van der Waals surface area contributed by atoms with Crippen LogP contribution >= 0.6 is 0 Å². The first-order chi connectivity index (χ1) is 13.8. The predicted molar refractivity (Wildman–Crippen MR) is 113 cm³/mol. The summed E-state index contributed by atoms with van der Waals surface area (Å²) in [6, 6.07) is 16.8. The number of aromatic nitrogens is 1. The third-order valence-corrected chi connectivity index (χ3v) is 6.86. The lowest BCUT2D eigenvalue weighted by molar-refractivity contribution is 0.0989. The molecule has 6 nitrogen and oxygen atoms in total. The van der Waals surface area contributed by atoms with Crippen molar-refractivity contribution >= 4 is 21.6 Å². The van der Waals surface area contributed by atoms with Crippen LogP contribution in [0.4, 0.5) is 5.69 Å². The Bertz CT molecular complexity index is 1200. The van der Waals surface area contributed by atoms with Crippen LogP contribution in [0.1, 0.15) is 27.3 Å². The molecule has 0 radical (unpaired) electrons. The molecule has 0 bridgehead atoms. The molecule has 4 rings (SSSR count). The standard InChI is InChI=1S/C22H23N3O3S/c1-15-13-20(16(2)25(15)18-7-5-4-6-8-18)22(26)24-12-11-17-14-19(9-10-21(17)24)29(27,28)23-3/h4-10,13-14,23H,11-12H2,1-3H3. The highest BCUT2D eigenvalue weighted by Gasteiger charge is 2.29. The van der Waals surface area contributed by atoms with Crippen molar-refractivity contribution in [3.8, 4) is 5.69 Å². The van der Waals surface area contributed by atoms with E-state index in [9.17, 15) is 13.2 Å². The van der Waals surface area contributed by atoms with Crippen LogP contribution in [0.25, 0.3) is 5.69 Å². The van der Waals surface area contributed by atoms with Crippen molar-refractivity contribution in [2.24, 2.45) is 0 Å². The molecule has 1 aliphatic rings. The van der Waals surface area contributed by atoms with Gasteiger partial charge in [-0.3, -0.25) is 4.79 Å². The second kappa shape index (κ2) is 7.17. The van der Waals surface area contributed by atoms with E-state index in [0.717, 1.165) is 28.3 Å². The number of rotatable bonds is 4. The van der Waals surface area contributed by atoms with Gasteiger partial charge in [-0.1, -0.05) is 18.2 Å². The summed E-state index contributed by atoms with van der Waals surface area (Å²) in [4.78, 5) is 15.3. The van der Waals surface area contributed by atoms with Gasteiger partial charge in [-0.25, -0.2) is 13.1 Å². The highest BCUT2D eigenvalue weighted by Crippen LogP contribution is 2.32. The average Bonchev–Trinajstić information content (AvgIpc) is 3.28. The number of sulfonamides is 1. The van der Waals surface area contributed by atoms with Gasteiger partial charge in [-0.2, -0.15) is 0 Å². The highest BCUT2D eigenvalue weighted by atomic mass is 32.2. The topological polar surface area (TPSA) is 71.4 Å². The minimum atomic E-state index is -3.51. The van der Waals surface area contributed by atoms with Gasteiger partial charge >= 0.3 is 0 Å². The summed E-state index contributed by atoms with van der Waals surface area (Å²) in [5.74, 6) is -0.0664. The minimum absolute atomic E-state index is 0.0664. The molecular weight excluding hydrogens is 386 g/mol. The van der Waals surface area contributed by atoms with Crippen molar-refractivity contribution in [2.75, 3.05) is 18.5 Å². The van der Waals surface area contributed by atoms with Crippen molar-refractivity contribution in [1.29, 1.82) is 0 Å². The molecule has 2 heterocycles. The number of hydrogen-bond donors (Lipinski definition) is 1. The van der Waals surface area contributed by atoms with E-state index in [1.54, 1.807) is 23.1 Å². The Balaban J connectivity index is 1.70. The number of fused-ring (bicyclic) bond motifs is 1. The SMILES string of the molecule is CNS(=O)(=O)c1ccc2c(c1)CCN2C(=O)c1cc(C)n(-c2ccccc2)c1C. The summed E-state index contributed by atoms with van der Waals surface area (Å²) in [5, 5.41) is 0. The number of amides is 1. The van der Waals surface area contributed by atoms with Gasteiger partial charge in [0.25, 0.3) is 5.91 Å². The molecule has 0 saturated heterocycles. The fraction of sp³-hybridized carbons (Fsp3) is 0.227. The summed E-state index contributed by atoms with van der Waals surface area (Å²) in [6.45, 7) is 4.47. The first-order valence-electron chi connectivity index (χ1n) is 9.46. The molecule has 1 amide bonds. The molecule has 0 spiro atoms. The maximum Gasteiger partial charge on any atom is 0.260 e. The molecule has 0 aliphatic carbocycles. The van der Waals surface area contributed by atoms with Crippen LogP contribution < -0.4 is 9.62 Å². The van der Waals surface area contributed by atoms with E-state index in [0.29, 0.717) is 18.5 Å². The first-order valence-corrected chi connectivity index (χ1v) is 10.9. The number of carbonyl (C=O) groups is 1.